The van der Waals surface area contributed by atoms with Gasteiger partial charge in [-0.05, 0) is 34.5 Å². The van der Waals surface area contributed by atoms with Gasteiger partial charge in [0.2, 0.25) is 0 Å². The van der Waals surface area contributed by atoms with Crippen molar-refractivity contribution in [2.45, 2.75) is 12.0 Å². The van der Waals surface area contributed by atoms with E-state index in [4.69, 9.17) is 10.8 Å². The molecule has 1 aliphatic rings. The summed E-state index contributed by atoms with van der Waals surface area (Å²) >= 11 is 3.24. The van der Waals surface area contributed by atoms with Crippen LogP contribution in [-0.4, -0.2) is 45.5 Å². The number of carbonyl (C=O) groups excluding carboxylic acids is 1. The molecule has 1 unspecified atom stereocenters. The Morgan fingerprint density at radius 2 is 2.28 bits per heavy atom. The Bertz CT molecular complexity index is 508. The van der Waals surface area contributed by atoms with E-state index in [2.05, 4.69) is 20.9 Å². The van der Waals surface area contributed by atoms with Crippen molar-refractivity contribution in [1.82, 2.24) is 9.88 Å². The predicted octanol–water partition coefficient (Wildman–Crippen LogP) is 0.472. The highest BCUT2D eigenvalue weighted by Gasteiger charge is 2.43. The molecule has 1 aromatic heterocycles. The molecule has 7 heteroatoms. The van der Waals surface area contributed by atoms with E-state index in [1.54, 1.807) is 12.1 Å². The number of nitrogens with two attached hydrogens (primary N) is 1. The third kappa shape index (κ3) is 2.23. The highest BCUT2D eigenvalue weighted by Crippen LogP contribution is 2.23. The van der Waals surface area contributed by atoms with Crippen molar-refractivity contribution >= 4 is 27.8 Å². The first-order valence-electron chi connectivity index (χ1n) is 5.36. The topological polar surface area (TPSA) is 96.5 Å². The van der Waals surface area contributed by atoms with Gasteiger partial charge < -0.3 is 15.7 Å². The van der Waals surface area contributed by atoms with Gasteiger partial charge in [-0.3, -0.25) is 9.59 Å². The first-order chi connectivity index (χ1) is 8.44. The second-order valence-corrected chi connectivity index (χ2v) is 5.13. The molecular weight excluding hydrogens is 302 g/mol. The van der Waals surface area contributed by atoms with Crippen molar-refractivity contribution in [2.24, 2.45) is 5.73 Å². The van der Waals surface area contributed by atoms with Gasteiger partial charge >= 0.3 is 5.97 Å². The van der Waals surface area contributed by atoms with Gasteiger partial charge in [0.15, 0.2) is 0 Å². The fraction of sp³-hybridized carbons (Fsp3) is 0.364. The molecule has 0 aliphatic carbocycles. The lowest BCUT2D eigenvalue weighted by Gasteiger charge is -2.20. The van der Waals surface area contributed by atoms with Crippen LogP contribution >= 0.6 is 15.9 Å². The van der Waals surface area contributed by atoms with E-state index in [0.717, 1.165) is 0 Å². The summed E-state index contributed by atoms with van der Waals surface area (Å²) in [5.41, 5.74) is 4.64. The molecule has 0 spiro atoms. The average molecular weight is 314 g/mol. The Balaban J connectivity index is 2.18. The number of carboxylic acids is 1. The van der Waals surface area contributed by atoms with Crippen molar-refractivity contribution in [3.05, 3.63) is 28.5 Å². The minimum Gasteiger partial charge on any atom is -0.480 e. The summed E-state index contributed by atoms with van der Waals surface area (Å²) in [6, 6.07) is 3.42. The van der Waals surface area contributed by atoms with Crippen LogP contribution in [0, 0.1) is 0 Å². The molecule has 3 N–H and O–H groups in total. The molecule has 96 valence electrons. The lowest BCUT2D eigenvalue weighted by atomic mass is 10.0. The number of aliphatic carboxylic acids is 1. The number of nitrogens with zero attached hydrogens (tertiary/aromatic N) is 2. The number of carboxylic acid groups (broad SMARTS) is 1. The average Bonchev–Trinajstić information content (AvgIpc) is 2.73. The predicted molar refractivity (Wildman–Crippen MR) is 67.0 cm³/mol. The summed E-state index contributed by atoms with van der Waals surface area (Å²) in [5, 5.41) is 9.01. The molecule has 0 radical (unpaired) electrons. The maximum atomic E-state index is 12.2. The number of halogens is 1. The summed E-state index contributed by atoms with van der Waals surface area (Å²) in [4.78, 5) is 28.6. The van der Waals surface area contributed by atoms with Gasteiger partial charge in [-0.2, -0.15) is 0 Å². The van der Waals surface area contributed by atoms with Crippen LogP contribution in [0.5, 0.6) is 0 Å². The summed E-state index contributed by atoms with van der Waals surface area (Å²) < 4.78 is 0.583. The van der Waals surface area contributed by atoms with Crippen molar-refractivity contribution in [2.75, 3.05) is 13.1 Å². The Labute approximate surface area is 112 Å². The molecular formula is C11H12BrN3O3. The van der Waals surface area contributed by atoms with Crippen LogP contribution in [0.25, 0.3) is 0 Å². The molecule has 0 aromatic carbocycles. The van der Waals surface area contributed by atoms with E-state index in [-0.39, 0.29) is 24.6 Å². The van der Waals surface area contributed by atoms with Crippen LogP contribution in [0.15, 0.2) is 22.8 Å². The maximum Gasteiger partial charge on any atom is 0.325 e. The molecule has 1 aliphatic heterocycles. The van der Waals surface area contributed by atoms with E-state index in [9.17, 15) is 9.59 Å². The molecule has 2 rings (SSSR count). The van der Waals surface area contributed by atoms with Gasteiger partial charge in [-0.1, -0.05) is 0 Å². The second kappa shape index (κ2) is 4.66. The molecule has 1 aromatic rings. The molecule has 18 heavy (non-hydrogen) atoms. The molecule has 0 saturated carbocycles. The Morgan fingerprint density at radius 3 is 2.83 bits per heavy atom. The van der Waals surface area contributed by atoms with Crippen molar-refractivity contribution in [3.8, 4) is 0 Å². The Hall–Kier alpha value is -1.47. The number of amides is 1. The zero-order valence-electron chi connectivity index (χ0n) is 9.47. The highest BCUT2D eigenvalue weighted by atomic mass is 79.9. The van der Waals surface area contributed by atoms with Crippen LogP contribution in [0.1, 0.15) is 16.9 Å². The summed E-state index contributed by atoms with van der Waals surface area (Å²) in [6.07, 6.45) is 1.76. The second-order valence-electron chi connectivity index (χ2n) is 4.27. The van der Waals surface area contributed by atoms with Crippen molar-refractivity contribution in [1.29, 1.82) is 0 Å². The fourth-order valence-corrected chi connectivity index (χ4v) is 2.30. The first-order valence-corrected chi connectivity index (χ1v) is 6.15. The molecule has 1 atom stereocenters. The minimum absolute atomic E-state index is 0.00415. The smallest absolute Gasteiger partial charge is 0.325 e. The summed E-state index contributed by atoms with van der Waals surface area (Å²) in [7, 11) is 0. The molecule has 0 bridgehead atoms. The quantitative estimate of drug-likeness (QED) is 0.827. The van der Waals surface area contributed by atoms with E-state index < -0.39 is 11.5 Å². The van der Waals surface area contributed by atoms with Gasteiger partial charge in [0.25, 0.3) is 5.91 Å². The number of pyridine rings is 1. The lowest BCUT2D eigenvalue weighted by Crippen LogP contribution is -2.50. The molecule has 2 heterocycles. The lowest BCUT2D eigenvalue weighted by molar-refractivity contribution is -0.142. The number of rotatable bonds is 2. The van der Waals surface area contributed by atoms with Crippen LogP contribution < -0.4 is 5.73 Å². The largest absolute Gasteiger partial charge is 0.480 e. The summed E-state index contributed by atoms with van der Waals surface area (Å²) in [5.74, 6) is -1.39. The zero-order chi connectivity index (χ0) is 13.3. The maximum absolute atomic E-state index is 12.2. The Kier molecular flexibility index (Phi) is 3.36. The number of hydrogen-bond acceptors (Lipinski definition) is 4. The minimum atomic E-state index is -1.35. The third-order valence-corrected chi connectivity index (χ3v) is 3.61. The highest BCUT2D eigenvalue weighted by molar-refractivity contribution is 9.10. The number of aromatic nitrogens is 1. The molecule has 6 nitrogen and oxygen atoms in total. The van der Waals surface area contributed by atoms with Gasteiger partial charge in [-0.15, -0.1) is 0 Å². The Morgan fingerprint density at radius 1 is 1.56 bits per heavy atom. The van der Waals surface area contributed by atoms with Crippen LogP contribution in [0.2, 0.25) is 0 Å². The van der Waals surface area contributed by atoms with E-state index in [0.29, 0.717) is 11.0 Å². The van der Waals surface area contributed by atoms with Crippen molar-refractivity contribution in [3.63, 3.8) is 0 Å². The van der Waals surface area contributed by atoms with E-state index in [1.807, 2.05) is 0 Å². The standard InChI is InChI=1S/C11H12BrN3O3/c12-7-2-1-4-14-8(7)9(16)15-5-3-11(13,6-15)10(17)18/h1-2,4H,3,5-6,13H2,(H,17,18). The van der Waals surface area contributed by atoms with Crippen molar-refractivity contribution < 1.29 is 14.7 Å². The van der Waals surface area contributed by atoms with Crippen LogP contribution in [-0.2, 0) is 4.79 Å². The van der Waals surface area contributed by atoms with Gasteiger partial charge in [0.05, 0.1) is 0 Å². The van der Waals surface area contributed by atoms with E-state index in [1.165, 1.54) is 11.1 Å². The SMILES string of the molecule is NC1(C(=O)O)CCN(C(=O)c2ncccc2Br)C1. The van der Waals surface area contributed by atoms with Gasteiger partial charge in [-0.25, -0.2) is 4.98 Å². The van der Waals surface area contributed by atoms with Gasteiger partial charge in [0, 0.05) is 23.8 Å². The zero-order valence-corrected chi connectivity index (χ0v) is 11.1. The monoisotopic (exact) mass is 313 g/mol. The molecule has 1 saturated heterocycles. The number of likely N-dealkylation sites (tertiary alicyclic amines) is 1. The van der Waals surface area contributed by atoms with Crippen LogP contribution in [0.3, 0.4) is 0 Å². The molecule has 1 amide bonds. The third-order valence-electron chi connectivity index (χ3n) is 2.98. The summed E-state index contributed by atoms with van der Waals surface area (Å²) in [6.45, 7) is 0.328. The normalized spacial score (nSPS) is 23.1. The molecule has 1 fully saturated rings. The fourth-order valence-electron chi connectivity index (χ4n) is 1.87. The van der Waals surface area contributed by atoms with Gasteiger partial charge in [0.1, 0.15) is 11.2 Å². The number of carbonyl (C=O) groups is 2. The first kappa shape index (κ1) is 13.0. The van der Waals surface area contributed by atoms with Crippen LogP contribution in [0.4, 0.5) is 0 Å². The number of hydrogen-bond donors (Lipinski definition) is 2. The van der Waals surface area contributed by atoms with E-state index >= 15 is 0 Å².